The van der Waals surface area contributed by atoms with Gasteiger partial charge in [-0.05, 0) is 32.3 Å². The highest BCUT2D eigenvalue weighted by Crippen LogP contribution is 2.31. The zero-order valence-corrected chi connectivity index (χ0v) is 9.63. The number of nitrogens with zero attached hydrogens (tertiary/aromatic N) is 2. The molecule has 2 atom stereocenters. The van der Waals surface area contributed by atoms with E-state index in [2.05, 4.69) is 4.98 Å². The van der Waals surface area contributed by atoms with E-state index >= 15 is 0 Å². The minimum atomic E-state index is -0.460. The second-order valence-electron chi connectivity index (χ2n) is 4.29. The fourth-order valence-electron chi connectivity index (χ4n) is 2.08. The zero-order valence-electron chi connectivity index (χ0n) is 9.63. The first-order chi connectivity index (χ1) is 8.09. The van der Waals surface area contributed by atoms with Crippen molar-refractivity contribution in [2.75, 3.05) is 0 Å². The molecule has 1 aromatic rings. The predicted octanol–water partition coefficient (Wildman–Crippen LogP) is 1.56. The molecular weight excluding hydrogens is 222 g/mol. The van der Waals surface area contributed by atoms with Crippen LogP contribution in [0.2, 0.25) is 0 Å². The van der Waals surface area contributed by atoms with E-state index in [4.69, 9.17) is 10.5 Å². The minimum Gasteiger partial charge on any atom is -0.468 e. The van der Waals surface area contributed by atoms with Crippen LogP contribution in [0.25, 0.3) is 0 Å². The van der Waals surface area contributed by atoms with Crippen LogP contribution in [0.5, 0.6) is 5.88 Å². The largest absolute Gasteiger partial charge is 0.468 e. The molecule has 0 saturated heterocycles. The number of nitrogens with two attached hydrogens (primary N) is 1. The zero-order chi connectivity index (χ0) is 12.4. The van der Waals surface area contributed by atoms with Crippen molar-refractivity contribution in [2.45, 2.75) is 38.3 Å². The third-order valence-corrected chi connectivity index (χ3v) is 3.04. The van der Waals surface area contributed by atoms with Gasteiger partial charge in [0.2, 0.25) is 0 Å². The summed E-state index contributed by atoms with van der Waals surface area (Å²) in [4.78, 5) is 14.4. The Kier molecular flexibility index (Phi) is 3.23. The maximum atomic E-state index is 11.0. The third-order valence-electron chi connectivity index (χ3n) is 3.04. The van der Waals surface area contributed by atoms with E-state index in [0.29, 0.717) is 5.56 Å². The number of aromatic nitrogens is 1. The van der Waals surface area contributed by atoms with Crippen molar-refractivity contribution in [2.24, 2.45) is 5.73 Å². The van der Waals surface area contributed by atoms with Gasteiger partial charge >= 0.3 is 5.69 Å². The number of hydrogen-bond donors (Lipinski definition) is 1. The number of aryl methyl sites for hydroxylation is 1. The van der Waals surface area contributed by atoms with Gasteiger partial charge in [0.15, 0.2) is 0 Å². The van der Waals surface area contributed by atoms with Crippen molar-refractivity contribution >= 4 is 5.69 Å². The molecular formula is C11H15N3O3. The summed E-state index contributed by atoms with van der Waals surface area (Å²) >= 11 is 0. The van der Waals surface area contributed by atoms with Crippen molar-refractivity contribution in [3.8, 4) is 5.88 Å². The third kappa shape index (κ3) is 2.36. The molecule has 1 fully saturated rings. The maximum Gasteiger partial charge on any atom is 0.333 e. The van der Waals surface area contributed by atoms with Crippen molar-refractivity contribution in [1.82, 2.24) is 4.98 Å². The number of ether oxygens (including phenoxy) is 1. The second kappa shape index (κ2) is 4.67. The molecule has 1 saturated carbocycles. The van der Waals surface area contributed by atoms with Gasteiger partial charge in [-0.1, -0.05) is 0 Å². The van der Waals surface area contributed by atoms with E-state index in [-0.39, 0.29) is 23.7 Å². The molecule has 2 unspecified atom stereocenters. The number of hydrogen-bond acceptors (Lipinski definition) is 5. The van der Waals surface area contributed by atoms with Crippen LogP contribution in [0.4, 0.5) is 5.69 Å². The summed E-state index contributed by atoms with van der Waals surface area (Å²) in [7, 11) is 0. The lowest BCUT2D eigenvalue weighted by Crippen LogP contribution is -2.34. The Morgan fingerprint density at radius 1 is 1.59 bits per heavy atom. The Hall–Kier alpha value is -1.69. The van der Waals surface area contributed by atoms with Crippen LogP contribution in [0.3, 0.4) is 0 Å². The average molecular weight is 237 g/mol. The van der Waals surface area contributed by atoms with Crippen molar-refractivity contribution in [3.63, 3.8) is 0 Å². The Morgan fingerprint density at radius 3 is 2.94 bits per heavy atom. The van der Waals surface area contributed by atoms with Crippen LogP contribution in [-0.4, -0.2) is 22.1 Å². The smallest absolute Gasteiger partial charge is 0.333 e. The normalized spacial score (nSPS) is 23.6. The van der Waals surface area contributed by atoms with Crippen LogP contribution >= 0.6 is 0 Å². The van der Waals surface area contributed by atoms with Crippen molar-refractivity contribution < 1.29 is 9.66 Å². The van der Waals surface area contributed by atoms with Gasteiger partial charge in [0.05, 0.1) is 4.92 Å². The van der Waals surface area contributed by atoms with Gasteiger partial charge in [-0.25, -0.2) is 4.98 Å². The van der Waals surface area contributed by atoms with E-state index < -0.39 is 4.92 Å². The van der Waals surface area contributed by atoms with Crippen LogP contribution in [0, 0.1) is 17.0 Å². The monoisotopic (exact) mass is 237 g/mol. The summed E-state index contributed by atoms with van der Waals surface area (Å²) < 4.78 is 5.58. The molecule has 6 heteroatoms. The molecule has 0 aromatic carbocycles. The highest BCUT2D eigenvalue weighted by atomic mass is 16.6. The van der Waals surface area contributed by atoms with E-state index in [9.17, 15) is 10.1 Å². The Bertz CT molecular complexity index is 436. The van der Waals surface area contributed by atoms with Crippen LogP contribution in [0.1, 0.15) is 24.8 Å². The van der Waals surface area contributed by atoms with E-state index in [1.165, 1.54) is 6.20 Å². The van der Waals surface area contributed by atoms with Crippen molar-refractivity contribution in [1.29, 1.82) is 0 Å². The standard InChI is InChI=1S/C11H15N3O3/c1-7-5-6-13-11(10(7)14(15)16)17-9-4-2-3-8(9)12/h5-6,8-9H,2-4,12H2,1H3. The summed E-state index contributed by atoms with van der Waals surface area (Å²) in [6.45, 7) is 1.67. The molecule has 0 bridgehead atoms. The molecule has 17 heavy (non-hydrogen) atoms. The Labute approximate surface area is 98.9 Å². The molecule has 0 aliphatic heterocycles. The average Bonchev–Trinajstić information content (AvgIpc) is 2.64. The summed E-state index contributed by atoms with van der Waals surface area (Å²) in [5.41, 5.74) is 6.35. The fourth-order valence-corrected chi connectivity index (χ4v) is 2.08. The lowest BCUT2D eigenvalue weighted by molar-refractivity contribution is -0.387. The molecule has 1 aromatic heterocycles. The Balaban J connectivity index is 2.26. The van der Waals surface area contributed by atoms with Gasteiger partial charge in [-0.3, -0.25) is 10.1 Å². The van der Waals surface area contributed by atoms with Crippen LogP contribution in [-0.2, 0) is 0 Å². The van der Waals surface area contributed by atoms with Gasteiger partial charge in [-0.15, -0.1) is 0 Å². The summed E-state index contributed by atoms with van der Waals surface area (Å²) in [6.07, 6.45) is 4.06. The molecule has 0 radical (unpaired) electrons. The van der Waals surface area contributed by atoms with Gasteiger partial charge < -0.3 is 10.5 Å². The van der Waals surface area contributed by atoms with E-state index in [1.807, 2.05) is 0 Å². The topological polar surface area (TPSA) is 91.3 Å². The minimum absolute atomic E-state index is 0.0584. The molecule has 0 amide bonds. The Morgan fingerprint density at radius 2 is 2.35 bits per heavy atom. The lowest BCUT2D eigenvalue weighted by atomic mass is 10.2. The molecule has 1 aliphatic rings. The van der Waals surface area contributed by atoms with Gasteiger partial charge in [0, 0.05) is 17.8 Å². The quantitative estimate of drug-likeness (QED) is 0.636. The summed E-state index contributed by atoms with van der Waals surface area (Å²) in [5.74, 6) is 0.0809. The van der Waals surface area contributed by atoms with Crippen LogP contribution < -0.4 is 10.5 Å². The second-order valence-corrected chi connectivity index (χ2v) is 4.29. The first kappa shape index (κ1) is 11.8. The number of nitro groups is 1. The molecule has 2 N–H and O–H groups in total. The van der Waals surface area contributed by atoms with E-state index in [1.54, 1.807) is 13.0 Å². The maximum absolute atomic E-state index is 11.0. The lowest BCUT2D eigenvalue weighted by Gasteiger charge is -2.17. The SMILES string of the molecule is Cc1ccnc(OC2CCCC2N)c1[N+](=O)[O-]. The first-order valence-electron chi connectivity index (χ1n) is 5.62. The first-order valence-corrected chi connectivity index (χ1v) is 5.62. The highest BCUT2D eigenvalue weighted by molar-refractivity contribution is 5.47. The summed E-state index contributed by atoms with van der Waals surface area (Å²) in [5, 5.41) is 11.0. The van der Waals surface area contributed by atoms with Gasteiger partial charge in [0.1, 0.15) is 6.10 Å². The molecule has 92 valence electrons. The van der Waals surface area contributed by atoms with Crippen molar-refractivity contribution in [3.05, 3.63) is 27.9 Å². The molecule has 1 heterocycles. The molecule has 6 nitrogen and oxygen atoms in total. The predicted molar refractivity (Wildman–Crippen MR) is 61.9 cm³/mol. The number of pyridine rings is 1. The van der Waals surface area contributed by atoms with Gasteiger partial charge in [-0.2, -0.15) is 0 Å². The van der Waals surface area contributed by atoms with Gasteiger partial charge in [0.25, 0.3) is 5.88 Å². The molecule has 2 rings (SSSR count). The van der Waals surface area contributed by atoms with Crippen LogP contribution in [0.15, 0.2) is 12.3 Å². The summed E-state index contributed by atoms with van der Waals surface area (Å²) in [6, 6.07) is 1.54. The van der Waals surface area contributed by atoms with E-state index in [0.717, 1.165) is 19.3 Å². The molecule has 1 aliphatic carbocycles. The fraction of sp³-hybridized carbons (Fsp3) is 0.545. The number of rotatable bonds is 3. The highest BCUT2D eigenvalue weighted by Gasteiger charge is 2.29. The molecule has 0 spiro atoms.